The number of fused-ring (bicyclic) bond motifs is 3. The molecule has 0 fully saturated rings. The van der Waals surface area contributed by atoms with Gasteiger partial charge in [-0.05, 0) is 49.1 Å². The molecule has 30 heavy (non-hydrogen) atoms. The van der Waals surface area contributed by atoms with Crippen LogP contribution in [0.15, 0.2) is 54.9 Å². The van der Waals surface area contributed by atoms with Crippen molar-refractivity contribution in [2.75, 3.05) is 0 Å². The molecule has 2 aromatic carbocycles. The Morgan fingerprint density at radius 2 is 1.53 bits per heavy atom. The molecule has 3 aromatic rings. The van der Waals surface area contributed by atoms with Crippen molar-refractivity contribution in [1.29, 1.82) is 0 Å². The molecule has 158 valence electrons. The second-order valence-electron chi connectivity index (χ2n) is 9.54. The first-order valence-electron chi connectivity index (χ1n) is 11.8. The van der Waals surface area contributed by atoms with Gasteiger partial charge < -0.3 is 0 Å². The molecule has 1 aliphatic rings. The van der Waals surface area contributed by atoms with Gasteiger partial charge in [-0.1, -0.05) is 77.9 Å². The predicted molar refractivity (Wildman–Crippen MR) is 126 cm³/mol. The van der Waals surface area contributed by atoms with Gasteiger partial charge in [-0.15, -0.1) is 0 Å². The minimum absolute atomic E-state index is 0.171. The molecule has 2 heteroatoms. The third kappa shape index (κ3) is 3.21. The lowest BCUT2D eigenvalue weighted by Gasteiger charge is -2.28. The summed E-state index contributed by atoms with van der Waals surface area (Å²) < 4.78 is 5.12. The van der Waals surface area contributed by atoms with Crippen LogP contribution in [0.1, 0.15) is 89.3 Å². The molecule has 0 saturated heterocycles. The van der Waals surface area contributed by atoms with Crippen molar-refractivity contribution in [3.8, 4) is 17.1 Å². The SMILES string of the molecule is CCC1(CC)CCc2ccccc2-c2n(-c3c(C(C)C)cccc3C(C)C)cc[n+]21. The minimum Gasteiger partial charge on any atom is -0.224 e. The molecule has 0 unspecified atom stereocenters. The summed E-state index contributed by atoms with van der Waals surface area (Å²) in [5.41, 5.74) is 7.28. The molecule has 0 N–H and O–H groups in total. The van der Waals surface area contributed by atoms with E-state index in [1.54, 1.807) is 0 Å². The van der Waals surface area contributed by atoms with Gasteiger partial charge in [-0.25, -0.2) is 4.57 Å². The zero-order chi connectivity index (χ0) is 21.5. The Hall–Kier alpha value is -2.35. The first kappa shape index (κ1) is 20.9. The van der Waals surface area contributed by atoms with Gasteiger partial charge in [0.1, 0.15) is 23.6 Å². The molecular formula is C28H37N2+. The molecule has 2 heterocycles. The van der Waals surface area contributed by atoms with Crippen LogP contribution in [0.3, 0.4) is 0 Å². The Bertz CT molecular complexity index is 1010. The maximum atomic E-state index is 2.61. The molecule has 0 bridgehead atoms. The largest absolute Gasteiger partial charge is 0.294 e. The van der Waals surface area contributed by atoms with Gasteiger partial charge in [0.05, 0.1) is 5.56 Å². The summed E-state index contributed by atoms with van der Waals surface area (Å²) in [6.45, 7) is 14.0. The first-order chi connectivity index (χ1) is 14.4. The van der Waals surface area contributed by atoms with E-state index in [4.69, 9.17) is 0 Å². The van der Waals surface area contributed by atoms with E-state index in [0.717, 1.165) is 19.3 Å². The van der Waals surface area contributed by atoms with Crippen molar-refractivity contribution < 1.29 is 4.57 Å². The molecule has 0 amide bonds. The molecular weight excluding hydrogens is 364 g/mol. The van der Waals surface area contributed by atoms with Crippen LogP contribution >= 0.6 is 0 Å². The fraction of sp³-hybridized carbons (Fsp3) is 0.464. The number of hydrogen-bond donors (Lipinski definition) is 0. The summed E-state index contributed by atoms with van der Waals surface area (Å²) in [5.74, 6) is 2.30. The summed E-state index contributed by atoms with van der Waals surface area (Å²) in [4.78, 5) is 0. The second-order valence-corrected chi connectivity index (χ2v) is 9.54. The minimum atomic E-state index is 0.171. The molecule has 1 aromatic heterocycles. The molecule has 0 aliphatic carbocycles. The Kier molecular flexibility index (Phi) is 5.61. The van der Waals surface area contributed by atoms with Crippen LogP contribution in [0.25, 0.3) is 17.1 Å². The zero-order valence-corrected chi connectivity index (χ0v) is 19.6. The number of aromatic nitrogens is 2. The molecule has 1 aliphatic heterocycles. The fourth-order valence-corrected chi connectivity index (χ4v) is 5.39. The predicted octanol–water partition coefficient (Wildman–Crippen LogP) is 7.14. The number of aryl methyl sites for hydroxylation is 1. The average molecular weight is 402 g/mol. The van der Waals surface area contributed by atoms with Crippen LogP contribution in [-0.2, 0) is 12.0 Å². The highest BCUT2D eigenvalue weighted by Gasteiger charge is 2.41. The Labute approximate surface area is 182 Å². The average Bonchev–Trinajstić information content (AvgIpc) is 3.14. The topological polar surface area (TPSA) is 8.81 Å². The number of rotatable bonds is 5. The summed E-state index contributed by atoms with van der Waals surface area (Å²) in [6, 6.07) is 15.9. The van der Waals surface area contributed by atoms with E-state index in [-0.39, 0.29) is 5.54 Å². The number of hydrogen-bond acceptors (Lipinski definition) is 0. The quantitative estimate of drug-likeness (QED) is 0.402. The van der Waals surface area contributed by atoms with Crippen molar-refractivity contribution in [1.82, 2.24) is 4.57 Å². The maximum Gasteiger partial charge on any atom is 0.294 e. The van der Waals surface area contributed by atoms with E-state index in [0.29, 0.717) is 11.8 Å². The van der Waals surface area contributed by atoms with Crippen LogP contribution in [0.2, 0.25) is 0 Å². The lowest BCUT2D eigenvalue weighted by molar-refractivity contribution is -0.756. The summed E-state index contributed by atoms with van der Waals surface area (Å²) in [5, 5.41) is 0. The first-order valence-corrected chi connectivity index (χ1v) is 11.8. The van der Waals surface area contributed by atoms with E-state index >= 15 is 0 Å². The fourth-order valence-electron chi connectivity index (χ4n) is 5.39. The summed E-state index contributed by atoms with van der Waals surface area (Å²) >= 11 is 0. The molecule has 2 nitrogen and oxygen atoms in total. The van der Waals surface area contributed by atoms with Gasteiger partial charge in [-0.3, -0.25) is 0 Å². The number of benzene rings is 2. The van der Waals surface area contributed by atoms with Crippen molar-refractivity contribution in [3.05, 3.63) is 71.5 Å². The van der Waals surface area contributed by atoms with E-state index in [1.165, 1.54) is 40.2 Å². The number of para-hydroxylation sites is 1. The highest BCUT2D eigenvalue weighted by atomic mass is 15.2. The van der Waals surface area contributed by atoms with Crippen LogP contribution in [0.4, 0.5) is 0 Å². The number of nitrogens with zero attached hydrogens (tertiary/aromatic N) is 2. The van der Waals surface area contributed by atoms with Crippen LogP contribution in [0, 0.1) is 0 Å². The Morgan fingerprint density at radius 1 is 0.900 bits per heavy atom. The van der Waals surface area contributed by atoms with Gasteiger partial charge in [0.15, 0.2) is 0 Å². The second kappa shape index (κ2) is 8.06. The van der Waals surface area contributed by atoms with Crippen molar-refractivity contribution in [2.24, 2.45) is 0 Å². The standard InChI is InChI=1S/C28H37N2/c1-7-28(8-2)17-16-22-12-9-10-13-25(22)27-29(18-19-30(27)28)26-23(20(3)4)14-11-15-24(26)21(5)6/h9-15,18-21H,7-8,16-17H2,1-6H3/q+1. The maximum absolute atomic E-state index is 2.61. The molecule has 0 spiro atoms. The molecule has 4 rings (SSSR count). The Morgan fingerprint density at radius 3 is 2.13 bits per heavy atom. The van der Waals surface area contributed by atoms with E-state index < -0.39 is 0 Å². The third-order valence-electron chi connectivity index (χ3n) is 7.35. The monoisotopic (exact) mass is 401 g/mol. The highest BCUT2D eigenvalue weighted by Crippen LogP contribution is 2.38. The van der Waals surface area contributed by atoms with Gasteiger partial charge in [0.25, 0.3) is 5.82 Å². The Balaban J connectivity index is 2.10. The summed E-state index contributed by atoms with van der Waals surface area (Å²) in [6.07, 6.45) is 9.32. The van der Waals surface area contributed by atoms with Gasteiger partial charge >= 0.3 is 0 Å². The smallest absolute Gasteiger partial charge is 0.224 e. The lowest BCUT2D eigenvalue weighted by atomic mass is 9.86. The van der Waals surface area contributed by atoms with Crippen LogP contribution in [0.5, 0.6) is 0 Å². The van der Waals surface area contributed by atoms with Gasteiger partial charge in [0.2, 0.25) is 0 Å². The third-order valence-corrected chi connectivity index (χ3v) is 7.35. The van der Waals surface area contributed by atoms with Crippen LogP contribution < -0.4 is 4.57 Å². The number of imidazole rings is 1. The molecule has 0 saturated carbocycles. The van der Waals surface area contributed by atoms with E-state index in [9.17, 15) is 0 Å². The molecule has 0 radical (unpaired) electrons. The van der Waals surface area contributed by atoms with E-state index in [1.807, 2.05) is 0 Å². The van der Waals surface area contributed by atoms with E-state index in [2.05, 4.69) is 106 Å². The van der Waals surface area contributed by atoms with Crippen LogP contribution in [-0.4, -0.2) is 4.57 Å². The highest BCUT2D eigenvalue weighted by molar-refractivity contribution is 5.64. The summed E-state index contributed by atoms with van der Waals surface area (Å²) in [7, 11) is 0. The van der Waals surface area contributed by atoms with Crippen molar-refractivity contribution >= 4 is 0 Å². The van der Waals surface area contributed by atoms with Crippen molar-refractivity contribution in [3.63, 3.8) is 0 Å². The van der Waals surface area contributed by atoms with Gasteiger partial charge in [-0.2, -0.15) is 4.57 Å². The van der Waals surface area contributed by atoms with Crippen molar-refractivity contribution in [2.45, 2.75) is 84.6 Å². The van der Waals surface area contributed by atoms with Gasteiger partial charge in [0, 0.05) is 11.1 Å². The zero-order valence-electron chi connectivity index (χ0n) is 19.6. The normalized spacial score (nSPS) is 15.2. The molecule has 0 atom stereocenters. The lowest BCUT2D eigenvalue weighted by Crippen LogP contribution is -2.55.